The van der Waals surface area contributed by atoms with Crippen LogP contribution in [0.1, 0.15) is 29.6 Å². The second-order valence-electron chi connectivity index (χ2n) is 5.69. The number of primary amides is 1. The van der Waals surface area contributed by atoms with Gasteiger partial charge in [-0.15, -0.1) is 0 Å². The standard InChI is InChI=1S/C17H19N3O4/c1-23-14-9-12-10(8-13(14)16(18)22)4-6-19-17(12)24-7-5-11-2-3-15(21)20-11/h4,6,8-9,11H,2-3,5,7H2,1H3,(H2,18,22)(H,20,21)/t11-/m0/s1. The van der Waals surface area contributed by atoms with E-state index in [0.29, 0.717) is 30.2 Å². The van der Waals surface area contributed by atoms with Crippen LogP contribution in [-0.4, -0.2) is 36.6 Å². The van der Waals surface area contributed by atoms with E-state index in [4.69, 9.17) is 15.2 Å². The molecule has 0 unspecified atom stereocenters. The lowest BCUT2D eigenvalue weighted by Gasteiger charge is -2.13. The summed E-state index contributed by atoms with van der Waals surface area (Å²) in [6.07, 6.45) is 3.75. The Morgan fingerprint density at radius 3 is 2.96 bits per heavy atom. The van der Waals surface area contributed by atoms with Crippen molar-refractivity contribution in [3.05, 3.63) is 30.0 Å². The smallest absolute Gasteiger partial charge is 0.252 e. The predicted octanol–water partition coefficient (Wildman–Crippen LogP) is 1.39. The molecule has 24 heavy (non-hydrogen) atoms. The minimum absolute atomic E-state index is 0.0898. The number of nitrogens with one attached hydrogen (secondary N) is 1. The number of hydrogen-bond acceptors (Lipinski definition) is 5. The average Bonchev–Trinajstić information content (AvgIpc) is 2.99. The summed E-state index contributed by atoms with van der Waals surface area (Å²) in [4.78, 5) is 27.0. The molecule has 0 aliphatic carbocycles. The number of nitrogens with two attached hydrogens (primary N) is 1. The van der Waals surface area contributed by atoms with Crippen LogP contribution in [0.5, 0.6) is 11.6 Å². The number of rotatable bonds is 6. The summed E-state index contributed by atoms with van der Waals surface area (Å²) in [7, 11) is 1.48. The number of ether oxygens (including phenoxy) is 2. The van der Waals surface area contributed by atoms with Crippen molar-refractivity contribution in [3.8, 4) is 11.6 Å². The van der Waals surface area contributed by atoms with E-state index in [0.717, 1.165) is 23.6 Å². The number of methoxy groups -OCH3 is 1. The zero-order chi connectivity index (χ0) is 17.1. The normalized spacial score (nSPS) is 16.9. The number of benzene rings is 1. The first-order valence-electron chi connectivity index (χ1n) is 7.77. The highest BCUT2D eigenvalue weighted by Crippen LogP contribution is 2.30. The zero-order valence-corrected chi connectivity index (χ0v) is 13.4. The Labute approximate surface area is 139 Å². The topological polar surface area (TPSA) is 104 Å². The fraction of sp³-hybridized carbons (Fsp3) is 0.353. The van der Waals surface area contributed by atoms with Gasteiger partial charge in [0.05, 0.1) is 19.3 Å². The van der Waals surface area contributed by atoms with Gasteiger partial charge >= 0.3 is 0 Å². The third-order valence-electron chi connectivity index (χ3n) is 4.10. The van der Waals surface area contributed by atoms with Gasteiger partial charge in [-0.1, -0.05) is 0 Å². The lowest BCUT2D eigenvalue weighted by molar-refractivity contribution is -0.119. The molecule has 3 N–H and O–H groups in total. The third-order valence-corrected chi connectivity index (χ3v) is 4.10. The summed E-state index contributed by atoms with van der Waals surface area (Å²) in [6, 6.07) is 5.31. The van der Waals surface area contributed by atoms with Gasteiger partial charge in [0.15, 0.2) is 0 Å². The molecule has 2 heterocycles. The van der Waals surface area contributed by atoms with Gasteiger partial charge in [-0.2, -0.15) is 0 Å². The van der Waals surface area contributed by atoms with Crippen molar-refractivity contribution >= 4 is 22.6 Å². The highest BCUT2D eigenvalue weighted by atomic mass is 16.5. The van der Waals surface area contributed by atoms with E-state index >= 15 is 0 Å². The van der Waals surface area contributed by atoms with Crippen molar-refractivity contribution in [2.24, 2.45) is 5.73 Å². The van der Waals surface area contributed by atoms with Crippen LogP contribution in [0.4, 0.5) is 0 Å². The average molecular weight is 329 g/mol. The number of amides is 2. The molecule has 126 valence electrons. The van der Waals surface area contributed by atoms with E-state index in [2.05, 4.69) is 10.3 Å². The third kappa shape index (κ3) is 3.24. The molecule has 1 aromatic carbocycles. The molecule has 1 aliphatic rings. The first-order valence-corrected chi connectivity index (χ1v) is 7.77. The molecule has 7 nitrogen and oxygen atoms in total. The van der Waals surface area contributed by atoms with Crippen molar-refractivity contribution in [1.82, 2.24) is 10.3 Å². The zero-order valence-electron chi connectivity index (χ0n) is 13.4. The summed E-state index contributed by atoms with van der Waals surface area (Å²) in [5, 5.41) is 4.45. The summed E-state index contributed by atoms with van der Waals surface area (Å²) in [5.74, 6) is 0.388. The number of nitrogens with zero attached hydrogens (tertiary/aromatic N) is 1. The van der Waals surface area contributed by atoms with Gasteiger partial charge in [0.2, 0.25) is 11.8 Å². The summed E-state index contributed by atoms with van der Waals surface area (Å²) in [5.41, 5.74) is 5.70. The molecule has 1 atom stereocenters. The lowest BCUT2D eigenvalue weighted by Crippen LogP contribution is -2.26. The number of carbonyl (C=O) groups excluding carboxylic acids is 2. The maximum absolute atomic E-state index is 11.5. The van der Waals surface area contributed by atoms with E-state index in [1.807, 2.05) is 0 Å². The molecular weight excluding hydrogens is 310 g/mol. The van der Waals surface area contributed by atoms with Gasteiger partial charge in [0, 0.05) is 30.5 Å². The van der Waals surface area contributed by atoms with Crippen molar-refractivity contribution in [2.75, 3.05) is 13.7 Å². The second-order valence-corrected chi connectivity index (χ2v) is 5.69. The fourth-order valence-electron chi connectivity index (χ4n) is 2.84. The SMILES string of the molecule is COc1cc2c(OCC[C@@H]3CCC(=O)N3)nccc2cc1C(N)=O. The predicted molar refractivity (Wildman–Crippen MR) is 88.1 cm³/mol. The van der Waals surface area contributed by atoms with Crippen LogP contribution in [0.2, 0.25) is 0 Å². The van der Waals surface area contributed by atoms with Gasteiger partial charge in [0.1, 0.15) is 5.75 Å². The van der Waals surface area contributed by atoms with E-state index in [-0.39, 0.29) is 11.9 Å². The number of aromatic nitrogens is 1. The quantitative estimate of drug-likeness (QED) is 0.833. The second kappa shape index (κ2) is 6.74. The van der Waals surface area contributed by atoms with Crippen LogP contribution in [0.15, 0.2) is 24.4 Å². The van der Waals surface area contributed by atoms with Gasteiger partial charge < -0.3 is 20.5 Å². The minimum Gasteiger partial charge on any atom is -0.496 e. The maximum atomic E-state index is 11.5. The van der Waals surface area contributed by atoms with Crippen LogP contribution in [0.25, 0.3) is 10.8 Å². The van der Waals surface area contributed by atoms with Crippen LogP contribution >= 0.6 is 0 Å². The largest absolute Gasteiger partial charge is 0.496 e. The van der Waals surface area contributed by atoms with E-state index < -0.39 is 5.91 Å². The highest BCUT2D eigenvalue weighted by molar-refractivity contribution is 6.01. The molecule has 1 aliphatic heterocycles. The molecule has 1 saturated heterocycles. The maximum Gasteiger partial charge on any atom is 0.252 e. The first-order chi connectivity index (χ1) is 11.6. The highest BCUT2D eigenvalue weighted by Gasteiger charge is 2.20. The number of pyridine rings is 1. The van der Waals surface area contributed by atoms with Gasteiger partial charge in [0.25, 0.3) is 5.91 Å². The van der Waals surface area contributed by atoms with Crippen molar-refractivity contribution in [2.45, 2.75) is 25.3 Å². The number of carbonyl (C=O) groups is 2. The molecule has 2 aromatic rings. The van der Waals surface area contributed by atoms with Crippen LogP contribution in [-0.2, 0) is 4.79 Å². The molecule has 1 aromatic heterocycles. The van der Waals surface area contributed by atoms with Crippen molar-refractivity contribution < 1.29 is 19.1 Å². The van der Waals surface area contributed by atoms with Gasteiger partial charge in [-0.3, -0.25) is 9.59 Å². The van der Waals surface area contributed by atoms with Crippen LogP contribution in [0, 0.1) is 0 Å². The molecular formula is C17H19N3O4. The Morgan fingerprint density at radius 1 is 1.46 bits per heavy atom. The Hall–Kier alpha value is -2.83. The fourth-order valence-corrected chi connectivity index (χ4v) is 2.84. The lowest BCUT2D eigenvalue weighted by atomic mass is 10.1. The Morgan fingerprint density at radius 2 is 2.29 bits per heavy atom. The van der Waals surface area contributed by atoms with Crippen molar-refractivity contribution in [1.29, 1.82) is 0 Å². The van der Waals surface area contributed by atoms with Crippen molar-refractivity contribution in [3.63, 3.8) is 0 Å². The molecule has 0 saturated carbocycles. The Bertz CT molecular complexity index is 791. The van der Waals surface area contributed by atoms with E-state index in [1.54, 1.807) is 24.4 Å². The summed E-state index contributed by atoms with van der Waals surface area (Å²) < 4.78 is 11.0. The molecule has 3 rings (SSSR count). The van der Waals surface area contributed by atoms with E-state index in [1.165, 1.54) is 7.11 Å². The molecule has 1 fully saturated rings. The minimum atomic E-state index is -0.551. The molecule has 7 heteroatoms. The molecule has 2 amide bonds. The number of hydrogen-bond donors (Lipinski definition) is 2. The van der Waals surface area contributed by atoms with E-state index in [9.17, 15) is 9.59 Å². The van der Waals surface area contributed by atoms with Crippen LogP contribution < -0.4 is 20.5 Å². The van der Waals surface area contributed by atoms with Crippen LogP contribution in [0.3, 0.4) is 0 Å². The molecule has 0 spiro atoms. The molecule has 0 radical (unpaired) electrons. The Kier molecular flexibility index (Phi) is 4.50. The summed E-state index contributed by atoms with van der Waals surface area (Å²) in [6.45, 7) is 0.441. The van der Waals surface area contributed by atoms with Gasteiger partial charge in [-0.25, -0.2) is 4.98 Å². The first kappa shape index (κ1) is 16.0. The Balaban J connectivity index is 1.80. The van der Waals surface area contributed by atoms with Gasteiger partial charge in [-0.05, 0) is 30.0 Å². The number of fused-ring (bicyclic) bond motifs is 1. The monoisotopic (exact) mass is 329 g/mol. The molecule has 0 bridgehead atoms. The summed E-state index contributed by atoms with van der Waals surface area (Å²) >= 11 is 0.